The first-order chi connectivity index (χ1) is 14.1. The zero-order valence-corrected chi connectivity index (χ0v) is 15.7. The number of nitrogen functional groups attached to an aromatic ring is 1. The predicted molar refractivity (Wildman–Crippen MR) is 107 cm³/mol. The van der Waals surface area contributed by atoms with Gasteiger partial charge < -0.3 is 15.8 Å². The predicted octanol–water partition coefficient (Wildman–Crippen LogP) is 2.38. The van der Waals surface area contributed by atoms with Gasteiger partial charge in [0.25, 0.3) is 5.91 Å². The SMILES string of the molecule is COc1cccc2c1nc(N)n1nc(C3CC3c3ccc4c(c3)C(=O)NC4)nc21. The van der Waals surface area contributed by atoms with Gasteiger partial charge in [-0.3, -0.25) is 4.79 Å². The Morgan fingerprint density at radius 1 is 1.21 bits per heavy atom. The van der Waals surface area contributed by atoms with Crippen molar-refractivity contribution in [3.63, 3.8) is 0 Å². The topological polar surface area (TPSA) is 107 Å². The zero-order chi connectivity index (χ0) is 19.7. The second-order valence-corrected chi connectivity index (χ2v) is 7.58. The first-order valence-electron chi connectivity index (χ1n) is 9.54. The summed E-state index contributed by atoms with van der Waals surface area (Å²) in [6.45, 7) is 0.610. The summed E-state index contributed by atoms with van der Waals surface area (Å²) < 4.78 is 7.01. The number of nitrogens with one attached hydrogen (secondary N) is 1. The van der Waals surface area contributed by atoms with Crippen molar-refractivity contribution >= 4 is 28.4 Å². The van der Waals surface area contributed by atoms with Crippen LogP contribution >= 0.6 is 0 Å². The summed E-state index contributed by atoms with van der Waals surface area (Å²) >= 11 is 0. The Morgan fingerprint density at radius 3 is 2.97 bits per heavy atom. The molecule has 1 aliphatic heterocycles. The maximum absolute atomic E-state index is 12.0. The molecule has 6 rings (SSSR count). The Labute approximate surface area is 165 Å². The van der Waals surface area contributed by atoms with Crippen LogP contribution in [-0.2, 0) is 6.54 Å². The van der Waals surface area contributed by atoms with Gasteiger partial charge in [0, 0.05) is 23.4 Å². The normalized spacial score (nSPS) is 20.1. The van der Waals surface area contributed by atoms with Crippen molar-refractivity contribution in [2.45, 2.75) is 24.8 Å². The van der Waals surface area contributed by atoms with E-state index in [1.165, 1.54) is 0 Å². The summed E-state index contributed by atoms with van der Waals surface area (Å²) in [5, 5.41) is 8.36. The number of para-hydroxylation sites is 1. The van der Waals surface area contributed by atoms with Crippen molar-refractivity contribution in [3.8, 4) is 5.75 Å². The Kier molecular flexibility index (Phi) is 3.18. The lowest BCUT2D eigenvalue weighted by atomic mass is 10.0. The van der Waals surface area contributed by atoms with E-state index in [9.17, 15) is 4.79 Å². The van der Waals surface area contributed by atoms with Gasteiger partial charge in [0.2, 0.25) is 5.95 Å². The number of nitrogens with two attached hydrogens (primary N) is 1. The average molecular weight is 386 g/mol. The fourth-order valence-corrected chi connectivity index (χ4v) is 4.27. The Bertz CT molecular complexity index is 1330. The first-order valence-corrected chi connectivity index (χ1v) is 9.54. The third kappa shape index (κ3) is 2.32. The number of carbonyl (C=O) groups excluding carboxylic acids is 1. The van der Waals surface area contributed by atoms with E-state index in [4.69, 9.17) is 15.5 Å². The molecule has 4 aromatic rings. The molecule has 0 saturated heterocycles. The van der Waals surface area contributed by atoms with E-state index in [1.807, 2.05) is 30.3 Å². The summed E-state index contributed by atoms with van der Waals surface area (Å²) in [6, 6.07) is 11.9. The molecule has 3 N–H and O–H groups in total. The molecule has 0 radical (unpaired) electrons. The van der Waals surface area contributed by atoms with E-state index in [1.54, 1.807) is 11.6 Å². The van der Waals surface area contributed by atoms with Gasteiger partial charge in [-0.2, -0.15) is 4.52 Å². The number of amides is 1. The van der Waals surface area contributed by atoms with Crippen LogP contribution in [0.15, 0.2) is 36.4 Å². The van der Waals surface area contributed by atoms with Crippen LogP contribution in [-0.4, -0.2) is 32.6 Å². The molecule has 2 atom stereocenters. The third-order valence-electron chi connectivity index (χ3n) is 5.89. The summed E-state index contributed by atoms with van der Waals surface area (Å²) in [6.07, 6.45) is 0.950. The molecule has 1 aliphatic carbocycles. The number of hydrogen-bond acceptors (Lipinski definition) is 6. The van der Waals surface area contributed by atoms with Gasteiger partial charge in [-0.25, -0.2) is 9.97 Å². The van der Waals surface area contributed by atoms with E-state index in [-0.39, 0.29) is 17.8 Å². The van der Waals surface area contributed by atoms with Crippen LogP contribution in [0.25, 0.3) is 16.6 Å². The highest BCUT2D eigenvalue weighted by Crippen LogP contribution is 2.54. The monoisotopic (exact) mass is 386 g/mol. The van der Waals surface area contributed by atoms with Crippen LogP contribution in [0.3, 0.4) is 0 Å². The number of methoxy groups -OCH3 is 1. The molecular weight excluding hydrogens is 368 g/mol. The van der Waals surface area contributed by atoms with Crippen molar-refractivity contribution in [3.05, 3.63) is 58.9 Å². The molecule has 1 saturated carbocycles. The van der Waals surface area contributed by atoms with Gasteiger partial charge >= 0.3 is 0 Å². The molecule has 2 aliphatic rings. The van der Waals surface area contributed by atoms with Crippen LogP contribution in [0.1, 0.15) is 45.6 Å². The second kappa shape index (κ2) is 5.66. The van der Waals surface area contributed by atoms with E-state index in [0.717, 1.165) is 34.3 Å². The molecule has 1 fully saturated rings. The van der Waals surface area contributed by atoms with E-state index in [2.05, 4.69) is 21.5 Å². The minimum atomic E-state index is 0.00386. The lowest BCUT2D eigenvalue weighted by molar-refractivity contribution is 0.0965. The molecular formula is C21H18N6O2. The lowest BCUT2D eigenvalue weighted by Crippen LogP contribution is -2.12. The number of aromatic nitrogens is 4. The molecule has 0 spiro atoms. The number of ether oxygens (including phenoxy) is 1. The second-order valence-electron chi connectivity index (χ2n) is 7.58. The average Bonchev–Trinajstić information content (AvgIpc) is 3.26. The number of carbonyl (C=O) groups is 1. The van der Waals surface area contributed by atoms with Gasteiger partial charge in [0.1, 0.15) is 11.3 Å². The van der Waals surface area contributed by atoms with Crippen molar-refractivity contribution in [2.75, 3.05) is 12.8 Å². The molecule has 2 aromatic heterocycles. The van der Waals surface area contributed by atoms with Crippen molar-refractivity contribution < 1.29 is 9.53 Å². The molecule has 1 amide bonds. The van der Waals surface area contributed by atoms with Crippen LogP contribution in [0.5, 0.6) is 5.75 Å². The van der Waals surface area contributed by atoms with Crippen LogP contribution in [0.4, 0.5) is 5.95 Å². The van der Waals surface area contributed by atoms with E-state index in [0.29, 0.717) is 29.4 Å². The van der Waals surface area contributed by atoms with Crippen LogP contribution in [0, 0.1) is 0 Å². The van der Waals surface area contributed by atoms with Crippen molar-refractivity contribution in [1.82, 2.24) is 24.9 Å². The molecule has 2 unspecified atom stereocenters. The maximum atomic E-state index is 12.0. The first kappa shape index (κ1) is 16.3. The van der Waals surface area contributed by atoms with Crippen LogP contribution < -0.4 is 15.8 Å². The highest BCUT2D eigenvalue weighted by Gasteiger charge is 2.43. The number of benzene rings is 2. The Morgan fingerprint density at radius 2 is 2.10 bits per heavy atom. The summed E-state index contributed by atoms with van der Waals surface area (Å²) in [5.41, 5.74) is 10.5. The smallest absolute Gasteiger partial charge is 0.251 e. The number of rotatable bonds is 3. The Hall–Kier alpha value is -3.68. The quantitative estimate of drug-likeness (QED) is 0.560. The molecule has 2 aromatic carbocycles. The van der Waals surface area contributed by atoms with Gasteiger partial charge in [-0.1, -0.05) is 18.2 Å². The molecule has 8 heteroatoms. The van der Waals surface area contributed by atoms with Crippen molar-refractivity contribution in [1.29, 1.82) is 0 Å². The number of fused-ring (bicyclic) bond motifs is 4. The molecule has 144 valence electrons. The number of hydrogen-bond donors (Lipinski definition) is 2. The molecule has 8 nitrogen and oxygen atoms in total. The fraction of sp³-hybridized carbons (Fsp3) is 0.238. The highest BCUT2D eigenvalue weighted by molar-refractivity contribution is 5.98. The van der Waals surface area contributed by atoms with Gasteiger partial charge in [0.05, 0.1) is 7.11 Å². The number of anilines is 1. The molecule has 0 bridgehead atoms. The summed E-state index contributed by atoms with van der Waals surface area (Å²) in [5.74, 6) is 2.20. The van der Waals surface area contributed by atoms with E-state index < -0.39 is 0 Å². The zero-order valence-electron chi connectivity index (χ0n) is 15.7. The van der Waals surface area contributed by atoms with Gasteiger partial charge in [-0.05, 0) is 41.7 Å². The lowest BCUT2D eigenvalue weighted by Gasteiger charge is -2.06. The maximum Gasteiger partial charge on any atom is 0.251 e. The minimum Gasteiger partial charge on any atom is -0.494 e. The number of nitrogens with zero attached hydrogens (tertiary/aromatic N) is 4. The van der Waals surface area contributed by atoms with Crippen LogP contribution in [0.2, 0.25) is 0 Å². The summed E-state index contributed by atoms with van der Waals surface area (Å²) in [4.78, 5) is 21.2. The minimum absolute atomic E-state index is 0.00386. The van der Waals surface area contributed by atoms with Gasteiger partial charge in [-0.15, -0.1) is 5.10 Å². The van der Waals surface area contributed by atoms with Gasteiger partial charge in [0.15, 0.2) is 11.5 Å². The highest BCUT2D eigenvalue weighted by atomic mass is 16.5. The largest absolute Gasteiger partial charge is 0.494 e. The summed E-state index contributed by atoms with van der Waals surface area (Å²) in [7, 11) is 1.61. The molecule has 29 heavy (non-hydrogen) atoms. The fourth-order valence-electron chi connectivity index (χ4n) is 4.27. The third-order valence-corrected chi connectivity index (χ3v) is 5.89. The van der Waals surface area contributed by atoms with E-state index >= 15 is 0 Å². The molecule has 3 heterocycles. The van der Waals surface area contributed by atoms with Crippen molar-refractivity contribution in [2.24, 2.45) is 0 Å². The standard InChI is InChI=1S/C21H18N6O2/c1-29-16-4-2-3-12-17(16)24-21(22)27-19(12)25-18(26-27)15-8-13(15)10-5-6-11-9-23-20(28)14(11)7-10/h2-7,13,15H,8-9H2,1H3,(H2,22,24)(H,23,28). The Balaban J connectivity index is 1.41.